The number of nitrogens with one attached hydrogen (secondary N) is 2. The van der Waals surface area contributed by atoms with Crippen LogP contribution in [0.1, 0.15) is 22.8 Å². The van der Waals surface area contributed by atoms with Gasteiger partial charge in [-0.15, -0.1) is 0 Å². The van der Waals surface area contributed by atoms with Gasteiger partial charge < -0.3 is 10.1 Å². The van der Waals surface area contributed by atoms with E-state index in [1.54, 1.807) is 19.1 Å². The van der Waals surface area contributed by atoms with Crippen LogP contribution in [0.15, 0.2) is 65.6 Å². The molecule has 0 heterocycles. The Bertz CT molecular complexity index is 1310. The van der Waals surface area contributed by atoms with Gasteiger partial charge in [0.25, 0.3) is 21.6 Å². The first-order valence-corrected chi connectivity index (χ1v) is 11.6. The molecule has 2 N–H and O–H groups in total. The molecule has 0 unspecified atom stereocenters. The molecule has 0 aliphatic carbocycles. The number of benzene rings is 3. The highest BCUT2D eigenvalue weighted by Gasteiger charge is 2.21. The third-order valence-electron chi connectivity index (χ3n) is 4.66. The number of sulfonamides is 1. The molecule has 3 rings (SSSR count). The predicted molar refractivity (Wildman–Crippen MR) is 126 cm³/mol. The molecule has 33 heavy (non-hydrogen) atoms. The van der Waals surface area contributed by atoms with Gasteiger partial charge in [-0.2, -0.15) is 0 Å². The summed E-state index contributed by atoms with van der Waals surface area (Å²) in [5, 5.41) is 14.3. The molecule has 0 saturated heterocycles. The lowest BCUT2D eigenvalue weighted by atomic mass is 10.2. The van der Waals surface area contributed by atoms with Crippen molar-refractivity contribution >= 4 is 44.6 Å². The van der Waals surface area contributed by atoms with Gasteiger partial charge in [0.1, 0.15) is 5.75 Å². The zero-order valence-electron chi connectivity index (χ0n) is 17.7. The van der Waals surface area contributed by atoms with E-state index in [0.717, 1.165) is 0 Å². The van der Waals surface area contributed by atoms with E-state index >= 15 is 0 Å². The first-order valence-electron chi connectivity index (χ1n) is 9.73. The quantitative estimate of drug-likeness (QED) is 0.338. The lowest BCUT2D eigenvalue weighted by molar-refractivity contribution is -0.385. The maximum Gasteiger partial charge on any atom is 0.274 e. The fourth-order valence-electron chi connectivity index (χ4n) is 2.99. The van der Waals surface area contributed by atoms with Crippen LogP contribution in [0.3, 0.4) is 0 Å². The minimum atomic E-state index is -4.14. The summed E-state index contributed by atoms with van der Waals surface area (Å²) in [6.45, 7) is 3.50. The smallest absolute Gasteiger partial charge is 0.274 e. The maximum atomic E-state index is 13.0. The summed E-state index contributed by atoms with van der Waals surface area (Å²) in [6.07, 6.45) is 0. The third-order valence-corrected chi connectivity index (χ3v) is 6.28. The van der Waals surface area contributed by atoms with Crippen molar-refractivity contribution in [3.63, 3.8) is 0 Å². The number of nitro benzene ring substituents is 1. The molecule has 3 aromatic carbocycles. The van der Waals surface area contributed by atoms with E-state index in [1.807, 2.05) is 0 Å². The number of nitro groups is 1. The van der Waals surface area contributed by atoms with Gasteiger partial charge in [-0.3, -0.25) is 19.6 Å². The van der Waals surface area contributed by atoms with Crippen LogP contribution in [0, 0.1) is 17.0 Å². The number of halogens is 1. The zero-order valence-corrected chi connectivity index (χ0v) is 19.2. The minimum absolute atomic E-state index is 0.0739. The van der Waals surface area contributed by atoms with Crippen molar-refractivity contribution in [1.82, 2.24) is 0 Å². The molecule has 0 saturated carbocycles. The normalized spacial score (nSPS) is 11.0. The van der Waals surface area contributed by atoms with Gasteiger partial charge >= 0.3 is 0 Å². The minimum Gasteiger partial charge on any atom is -0.492 e. The molecule has 0 aliphatic rings. The van der Waals surface area contributed by atoms with Gasteiger partial charge in [0.15, 0.2) is 0 Å². The third kappa shape index (κ3) is 5.60. The van der Waals surface area contributed by atoms with Gasteiger partial charge in [0.2, 0.25) is 0 Å². The Kier molecular flexibility index (Phi) is 7.19. The van der Waals surface area contributed by atoms with Gasteiger partial charge in [0, 0.05) is 16.7 Å². The average Bonchev–Trinajstić information content (AvgIpc) is 2.76. The van der Waals surface area contributed by atoms with Crippen molar-refractivity contribution < 1.29 is 22.9 Å². The lowest BCUT2D eigenvalue weighted by Crippen LogP contribution is -2.16. The molecule has 1 amide bonds. The molecular formula is C22H20ClN3O6S. The van der Waals surface area contributed by atoms with E-state index in [9.17, 15) is 23.3 Å². The van der Waals surface area contributed by atoms with Crippen molar-refractivity contribution in [3.05, 3.63) is 86.9 Å². The van der Waals surface area contributed by atoms with Gasteiger partial charge in [-0.05, 0) is 62.4 Å². The predicted octanol–water partition coefficient (Wildman–Crippen LogP) is 5.01. The second-order valence-electron chi connectivity index (χ2n) is 6.86. The first-order chi connectivity index (χ1) is 15.6. The Morgan fingerprint density at radius 3 is 2.42 bits per heavy atom. The maximum absolute atomic E-state index is 13.0. The topological polar surface area (TPSA) is 128 Å². The molecule has 0 spiro atoms. The van der Waals surface area contributed by atoms with Crippen molar-refractivity contribution in [3.8, 4) is 5.75 Å². The lowest BCUT2D eigenvalue weighted by Gasteiger charge is -2.15. The number of hydrogen-bond donors (Lipinski definition) is 2. The van der Waals surface area contributed by atoms with Crippen LogP contribution in [0.5, 0.6) is 5.75 Å². The van der Waals surface area contributed by atoms with Crippen LogP contribution < -0.4 is 14.8 Å². The van der Waals surface area contributed by atoms with E-state index in [1.165, 1.54) is 55.5 Å². The average molecular weight is 490 g/mol. The van der Waals surface area contributed by atoms with E-state index in [2.05, 4.69) is 10.0 Å². The van der Waals surface area contributed by atoms with Crippen LogP contribution in [0.2, 0.25) is 5.02 Å². The van der Waals surface area contributed by atoms with Crippen molar-refractivity contribution in [1.29, 1.82) is 0 Å². The van der Waals surface area contributed by atoms with Crippen LogP contribution in [-0.2, 0) is 10.0 Å². The summed E-state index contributed by atoms with van der Waals surface area (Å²) in [5.41, 5.74) is 0.506. The Balaban J connectivity index is 1.95. The standard InChI is InChI=1S/C22H20ClN3O6S/c1-3-32-21-12-11-17(13-19(21)24-22(27)15-7-9-16(23)10-8-15)33(30,31)25-18-5-4-6-20(14(18)2)26(28)29/h4-13,25H,3H2,1-2H3,(H,24,27). The summed E-state index contributed by atoms with van der Waals surface area (Å²) in [5.74, 6) is -0.199. The monoisotopic (exact) mass is 489 g/mol. The summed E-state index contributed by atoms with van der Waals surface area (Å²) >= 11 is 5.86. The van der Waals surface area contributed by atoms with Gasteiger partial charge in [-0.25, -0.2) is 8.42 Å². The van der Waals surface area contributed by atoms with E-state index in [4.69, 9.17) is 16.3 Å². The SMILES string of the molecule is CCOc1ccc(S(=O)(=O)Nc2cccc([N+](=O)[O-])c2C)cc1NC(=O)c1ccc(Cl)cc1. The Morgan fingerprint density at radius 1 is 1.09 bits per heavy atom. The van der Waals surface area contributed by atoms with Crippen LogP contribution in [-0.4, -0.2) is 25.9 Å². The molecule has 0 fully saturated rings. The number of ether oxygens (including phenoxy) is 1. The van der Waals surface area contributed by atoms with Crippen molar-refractivity contribution in [2.45, 2.75) is 18.7 Å². The molecule has 9 nitrogen and oxygen atoms in total. The van der Waals surface area contributed by atoms with E-state index in [-0.39, 0.29) is 33.3 Å². The summed E-state index contributed by atoms with van der Waals surface area (Å²) in [6, 6.07) is 14.3. The van der Waals surface area contributed by atoms with Gasteiger partial charge in [-0.1, -0.05) is 17.7 Å². The van der Waals surface area contributed by atoms with Crippen molar-refractivity contribution in [2.24, 2.45) is 0 Å². The zero-order chi connectivity index (χ0) is 24.2. The molecule has 0 aromatic heterocycles. The van der Waals surface area contributed by atoms with Crippen LogP contribution >= 0.6 is 11.6 Å². The van der Waals surface area contributed by atoms with E-state index < -0.39 is 20.9 Å². The van der Waals surface area contributed by atoms with E-state index in [0.29, 0.717) is 17.2 Å². The van der Waals surface area contributed by atoms with Gasteiger partial charge in [0.05, 0.1) is 33.4 Å². The summed E-state index contributed by atoms with van der Waals surface area (Å²) in [7, 11) is -4.14. The molecule has 11 heteroatoms. The van der Waals surface area contributed by atoms with Crippen LogP contribution in [0.4, 0.5) is 17.1 Å². The number of rotatable bonds is 8. The number of carbonyl (C=O) groups excluding carboxylic acids is 1. The molecule has 3 aromatic rings. The second kappa shape index (κ2) is 9.88. The molecule has 0 bridgehead atoms. The Labute approximate surface area is 195 Å². The second-order valence-corrected chi connectivity index (χ2v) is 8.98. The highest BCUT2D eigenvalue weighted by Crippen LogP contribution is 2.31. The van der Waals surface area contributed by atoms with Crippen molar-refractivity contribution in [2.75, 3.05) is 16.6 Å². The first kappa shape index (κ1) is 24.0. The number of carbonyl (C=O) groups is 1. The fourth-order valence-corrected chi connectivity index (χ4v) is 4.26. The number of amides is 1. The number of nitrogens with zero attached hydrogens (tertiary/aromatic N) is 1. The highest BCUT2D eigenvalue weighted by molar-refractivity contribution is 7.92. The summed E-state index contributed by atoms with van der Waals surface area (Å²) in [4.78, 5) is 23.0. The number of anilines is 2. The summed E-state index contributed by atoms with van der Waals surface area (Å²) < 4.78 is 33.9. The molecule has 172 valence electrons. The van der Waals surface area contributed by atoms with Crippen LogP contribution in [0.25, 0.3) is 0 Å². The molecular weight excluding hydrogens is 470 g/mol. The number of hydrogen-bond acceptors (Lipinski definition) is 6. The largest absolute Gasteiger partial charge is 0.492 e. The fraction of sp³-hybridized carbons (Fsp3) is 0.136. The Hall–Kier alpha value is -3.63. The molecule has 0 atom stereocenters. The Morgan fingerprint density at radius 2 is 1.79 bits per heavy atom. The molecule has 0 aliphatic heterocycles. The highest BCUT2D eigenvalue weighted by atomic mass is 35.5. The molecule has 0 radical (unpaired) electrons.